The van der Waals surface area contributed by atoms with E-state index in [4.69, 9.17) is 0 Å². The minimum atomic E-state index is -3.82. The van der Waals surface area contributed by atoms with Crippen LogP contribution in [0.4, 0.5) is 5.69 Å². The molecule has 1 aromatic heterocycles. The molecule has 27 heavy (non-hydrogen) atoms. The number of hydrogen-bond acceptors (Lipinski definition) is 6. The molecule has 140 valence electrons. The number of Topliss-reactive ketones (excluding diaryl/α,β-unsaturated/α-hetero) is 1. The van der Waals surface area contributed by atoms with Gasteiger partial charge in [0.1, 0.15) is 6.33 Å². The largest absolute Gasteiger partial charge is 0.311 e. The normalized spacial score (nSPS) is 11.4. The maximum atomic E-state index is 12.8. The second-order valence-corrected chi connectivity index (χ2v) is 9.26. The van der Waals surface area contributed by atoms with E-state index in [0.29, 0.717) is 21.3 Å². The van der Waals surface area contributed by atoms with Gasteiger partial charge in [0.2, 0.25) is 0 Å². The van der Waals surface area contributed by atoms with Crippen LogP contribution in [0.1, 0.15) is 17.3 Å². The second-order valence-electron chi connectivity index (χ2n) is 5.65. The fourth-order valence-electron chi connectivity index (χ4n) is 2.21. The van der Waals surface area contributed by atoms with E-state index >= 15 is 0 Å². The molecule has 1 heterocycles. The number of carbonyl (C=O) groups excluding carboxylic acids is 1. The summed E-state index contributed by atoms with van der Waals surface area (Å²) in [7, 11) is -2.02. The number of ketones is 1. The Bertz CT molecular complexity index is 1100. The van der Waals surface area contributed by atoms with Crippen molar-refractivity contribution in [1.29, 1.82) is 0 Å². The molecule has 3 rings (SSSR count). The van der Waals surface area contributed by atoms with Gasteiger partial charge >= 0.3 is 0 Å². The summed E-state index contributed by atoms with van der Waals surface area (Å²) in [6, 6.07) is 11.1. The number of halogens is 1. The number of benzene rings is 2. The number of nitrogens with zero attached hydrogens (tertiary/aromatic N) is 3. The van der Waals surface area contributed by atoms with E-state index in [-0.39, 0.29) is 10.7 Å². The SMILES string of the molecule is CC(=O)c1ccc(S(=O)(=O)Nc2cc(Br)ccc2Sc2nncn2C)cc1. The number of anilines is 1. The van der Waals surface area contributed by atoms with Crippen LogP contribution in [0.5, 0.6) is 0 Å². The molecule has 0 bridgehead atoms. The van der Waals surface area contributed by atoms with E-state index in [0.717, 1.165) is 4.47 Å². The van der Waals surface area contributed by atoms with Crippen molar-refractivity contribution >= 4 is 49.2 Å². The lowest BCUT2D eigenvalue weighted by Gasteiger charge is -2.13. The van der Waals surface area contributed by atoms with E-state index in [1.165, 1.54) is 43.0 Å². The molecule has 0 fully saturated rings. The van der Waals surface area contributed by atoms with Gasteiger partial charge in [-0.05, 0) is 49.0 Å². The van der Waals surface area contributed by atoms with Crippen LogP contribution in [0.3, 0.4) is 0 Å². The Morgan fingerprint density at radius 3 is 2.48 bits per heavy atom. The van der Waals surface area contributed by atoms with E-state index < -0.39 is 10.0 Å². The fraction of sp³-hybridized carbons (Fsp3) is 0.118. The molecule has 0 aliphatic heterocycles. The number of carbonyl (C=O) groups is 1. The maximum absolute atomic E-state index is 12.8. The number of nitrogens with one attached hydrogen (secondary N) is 1. The second kappa shape index (κ2) is 7.83. The summed E-state index contributed by atoms with van der Waals surface area (Å²) in [5.41, 5.74) is 0.864. The molecule has 0 atom stereocenters. The van der Waals surface area contributed by atoms with Crippen LogP contribution in [-0.2, 0) is 17.1 Å². The minimum absolute atomic E-state index is 0.0714. The van der Waals surface area contributed by atoms with E-state index in [1.807, 2.05) is 13.1 Å². The lowest BCUT2D eigenvalue weighted by molar-refractivity contribution is 0.101. The molecule has 0 aliphatic carbocycles. The lowest BCUT2D eigenvalue weighted by atomic mass is 10.2. The van der Waals surface area contributed by atoms with Crippen molar-refractivity contribution in [1.82, 2.24) is 14.8 Å². The topological polar surface area (TPSA) is 93.9 Å². The molecule has 7 nitrogen and oxygen atoms in total. The van der Waals surface area contributed by atoms with Gasteiger partial charge in [-0.15, -0.1) is 10.2 Å². The van der Waals surface area contributed by atoms with Gasteiger partial charge in [-0.2, -0.15) is 0 Å². The quantitative estimate of drug-likeness (QED) is 0.556. The van der Waals surface area contributed by atoms with E-state index in [2.05, 4.69) is 30.8 Å². The maximum Gasteiger partial charge on any atom is 0.261 e. The summed E-state index contributed by atoms with van der Waals surface area (Å²) >= 11 is 4.66. The first-order valence-corrected chi connectivity index (χ1v) is 10.8. The summed E-state index contributed by atoms with van der Waals surface area (Å²) < 4.78 is 30.6. The van der Waals surface area contributed by atoms with Gasteiger partial charge in [0.05, 0.1) is 10.6 Å². The molecule has 0 aliphatic rings. The van der Waals surface area contributed by atoms with Crippen molar-refractivity contribution < 1.29 is 13.2 Å². The highest BCUT2D eigenvalue weighted by molar-refractivity contribution is 9.10. The molecule has 0 saturated carbocycles. The van der Waals surface area contributed by atoms with Crippen LogP contribution in [0.25, 0.3) is 0 Å². The van der Waals surface area contributed by atoms with Gasteiger partial charge in [0.25, 0.3) is 10.0 Å². The van der Waals surface area contributed by atoms with Crippen molar-refractivity contribution in [2.45, 2.75) is 21.9 Å². The van der Waals surface area contributed by atoms with Gasteiger partial charge < -0.3 is 4.57 Å². The Balaban J connectivity index is 1.92. The third-order valence-corrected chi connectivity index (χ3v) is 6.63. The molecule has 0 spiro atoms. The number of sulfonamides is 1. The van der Waals surface area contributed by atoms with E-state index in [9.17, 15) is 13.2 Å². The lowest BCUT2D eigenvalue weighted by Crippen LogP contribution is -2.14. The minimum Gasteiger partial charge on any atom is -0.311 e. The number of aryl methyl sites for hydroxylation is 1. The molecule has 0 saturated heterocycles. The van der Waals surface area contributed by atoms with Crippen molar-refractivity contribution in [2.75, 3.05) is 4.72 Å². The molecule has 0 unspecified atom stereocenters. The summed E-state index contributed by atoms with van der Waals surface area (Å²) in [5, 5.41) is 8.47. The van der Waals surface area contributed by atoms with Gasteiger partial charge in [-0.3, -0.25) is 9.52 Å². The van der Waals surface area contributed by atoms with Crippen LogP contribution < -0.4 is 4.72 Å². The summed E-state index contributed by atoms with van der Waals surface area (Å²) in [6.07, 6.45) is 1.57. The molecule has 1 N–H and O–H groups in total. The zero-order chi connectivity index (χ0) is 19.6. The van der Waals surface area contributed by atoms with Crippen LogP contribution in [0.15, 0.2) is 68.2 Å². The van der Waals surface area contributed by atoms with Gasteiger partial charge in [0.15, 0.2) is 10.9 Å². The number of aromatic nitrogens is 3. The molecule has 0 amide bonds. The predicted octanol–water partition coefficient (Wildman–Crippen LogP) is 3.73. The zero-order valence-corrected chi connectivity index (χ0v) is 17.6. The predicted molar refractivity (Wildman–Crippen MR) is 107 cm³/mol. The average Bonchev–Trinajstić information content (AvgIpc) is 3.02. The Morgan fingerprint density at radius 2 is 1.89 bits per heavy atom. The molecule has 0 radical (unpaired) electrons. The first-order chi connectivity index (χ1) is 12.8. The Hall–Kier alpha value is -2.17. The molecule has 2 aromatic carbocycles. The third kappa shape index (κ3) is 4.57. The Kier molecular flexibility index (Phi) is 5.68. The van der Waals surface area contributed by atoms with Gasteiger partial charge in [-0.25, -0.2) is 8.42 Å². The highest BCUT2D eigenvalue weighted by Gasteiger charge is 2.18. The zero-order valence-electron chi connectivity index (χ0n) is 14.4. The van der Waals surface area contributed by atoms with Crippen molar-refractivity contribution in [3.8, 4) is 0 Å². The fourth-order valence-corrected chi connectivity index (χ4v) is 4.53. The summed E-state index contributed by atoms with van der Waals surface area (Å²) in [5.74, 6) is -0.124. The molecular formula is C17H15BrN4O3S2. The summed E-state index contributed by atoms with van der Waals surface area (Å²) in [6.45, 7) is 1.43. The first kappa shape index (κ1) is 19.6. The smallest absolute Gasteiger partial charge is 0.261 e. The van der Waals surface area contributed by atoms with Gasteiger partial charge in [-0.1, -0.05) is 28.1 Å². The van der Waals surface area contributed by atoms with Crippen molar-refractivity contribution in [3.05, 3.63) is 58.8 Å². The molecule has 3 aromatic rings. The standard InChI is InChI=1S/C17H15BrN4O3S2/c1-11(23)12-3-6-14(7-4-12)27(24,25)21-15-9-13(18)5-8-16(15)26-17-20-19-10-22(17)2/h3-10,21H,1-2H3. The van der Waals surface area contributed by atoms with Crippen molar-refractivity contribution in [3.63, 3.8) is 0 Å². The average molecular weight is 467 g/mol. The highest BCUT2D eigenvalue weighted by Crippen LogP contribution is 2.35. The van der Waals surface area contributed by atoms with Gasteiger partial charge in [0, 0.05) is 22.0 Å². The van der Waals surface area contributed by atoms with E-state index in [1.54, 1.807) is 23.0 Å². The van der Waals surface area contributed by atoms with Crippen molar-refractivity contribution in [2.24, 2.45) is 7.05 Å². The Morgan fingerprint density at radius 1 is 1.19 bits per heavy atom. The van der Waals surface area contributed by atoms with Crippen LogP contribution >= 0.6 is 27.7 Å². The number of hydrogen-bond donors (Lipinski definition) is 1. The van der Waals surface area contributed by atoms with Crippen LogP contribution in [0.2, 0.25) is 0 Å². The molecular weight excluding hydrogens is 452 g/mol. The molecule has 10 heteroatoms. The van der Waals surface area contributed by atoms with Crippen LogP contribution in [0, 0.1) is 0 Å². The third-order valence-electron chi connectivity index (χ3n) is 3.63. The van der Waals surface area contributed by atoms with Crippen LogP contribution in [-0.4, -0.2) is 29.0 Å². The highest BCUT2D eigenvalue weighted by atomic mass is 79.9. The monoisotopic (exact) mass is 466 g/mol. The summed E-state index contributed by atoms with van der Waals surface area (Å²) in [4.78, 5) is 12.1. The number of rotatable bonds is 6. The Labute approximate surface area is 169 Å². The first-order valence-electron chi connectivity index (χ1n) is 7.71.